The zero-order valence-electron chi connectivity index (χ0n) is 11.0. The van der Waals surface area contributed by atoms with Gasteiger partial charge in [-0.15, -0.1) is 24.8 Å². The van der Waals surface area contributed by atoms with Crippen molar-refractivity contribution in [1.29, 1.82) is 0 Å². The molecule has 0 unspecified atom stereocenters. The normalized spacial score (nSPS) is 26.7. The molecule has 2 fully saturated rings. The van der Waals surface area contributed by atoms with E-state index in [2.05, 4.69) is 40.5 Å². The zero-order chi connectivity index (χ0) is 11.5. The van der Waals surface area contributed by atoms with Gasteiger partial charge in [-0.05, 0) is 18.5 Å². The van der Waals surface area contributed by atoms with Crippen LogP contribution in [-0.2, 0) is 11.3 Å². The van der Waals surface area contributed by atoms with Gasteiger partial charge in [0.2, 0.25) is 0 Å². The summed E-state index contributed by atoms with van der Waals surface area (Å²) >= 11 is 0. The third-order valence-electron chi connectivity index (χ3n) is 3.80. The molecule has 3 rings (SSSR count). The van der Waals surface area contributed by atoms with Gasteiger partial charge in [-0.1, -0.05) is 30.3 Å². The summed E-state index contributed by atoms with van der Waals surface area (Å²) < 4.78 is 5.85. The van der Waals surface area contributed by atoms with Crippen LogP contribution in [0.2, 0.25) is 0 Å². The summed E-state index contributed by atoms with van der Waals surface area (Å²) in [7, 11) is 0. The maximum atomic E-state index is 5.85. The van der Waals surface area contributed by atoms with Crippen LogP contribution < -0.4 is 5.32 Å². The van der Waals surface area contributed by atoms with Gasteiger partial charge in [0.15, 0.2) is 0 Å². The Balaban J connectivity index is 0.000000902. The van der Waals surface area contributed by atoms with E-state index >= 15 is 0 Å². The Morgan fingerprint density at radius 1 is 1.21 bits per heavy atom. The largest absolute Gasteiger partial charge is 0.374 e. The summed E-state index contributed by atoms with van der Waals surface area (Å²) in [5.41, 5.74) is 1.41. The number of halogens is 2. The Morgan fingerprint density at radius 3 is 2.79 bits per heavy atom. The molecule has 0 radical (unpaired) electrons. The maximum Gasteiger partial charge on any atom is 0.0855 e. The van der Waals surface area contributed by atoms with E-state index < -0.39 is 0 Å². The second-order valence-corrected chi connectivity index (χ2v) is 4.93. The number of nitrogens with one attached hydrogen (secondary N) is 1. The van der Waals surface area contributed by atoms with Crippen molar-refractivity contribution in [1.82, 2.24) is 10.2 Å². The Kier molecular flexibility index (Phi) is 7.11. The fourth-order valence-electron chi connectivity index (χ4n) is 2.91. The SMILES string of the molecule is Cl.Cl.c1ccc(CN2CCO[C@@H]3CNCC[C@H]32)cc1. The van der Waals surface area contributed by atoms with E-state index in [1.54, 1.807) is 0 Å². The molecular weight excluding hydrogens is 283 g/mol. The van der Waals surface area contributed by atoms with E-state index in [0.717, 1.165) is 32.8 Å². The van der Waals surface area contributed by atoms with Crippen LogP contribution in [0, 0.1) is 0 Å². The van der Waals surface area contributed by atoms with Gasteiger partial charge in [0.1, 0.15) is 0 Å². The monoisotopic (exact) mass is 304 g/mol. The number of hydrogen-bond donors (Lipinski definition) is 1. The zero-order valence-corrected chi connectivity index (χ0v) is 12.6. The van der Waals surface area contributed by atoms with Gasteiger partial charge in [-0.3, -0.25) is 4.90 Å². The molecule has 0 amide bonds. The molecule has 1 N–H and O–H groups in total. The van der Waals surface area contributed by atoms with Crippen LogP contribution in [0.15, 0.2) is 30.3 Å². The molecule has 0 saturated carbocycles. The number of piperidine rings is 1. The van der Waals surface area contributed by atoms with Crippen LogP contribution in [0.25, 0.3) is 0 Å². The van der Waals surface area contributed by atoms with Crippen molar-refractivity contribution in [3.63, 3.8) is 0 Å². The smallest absolute Gasteiger partial charge is 0.0855 e. The van der Waals surface area contributed by atoms with Crippen molar-refractivity contribution in [2.24, 2.45) is 0 Å². The molecule has 19 heavy (non-hydrogen) atoms. The molecule has 3 nitrogen and oxygen atoms in total. The van der Waals surface area contributed by atoms with E-state index in [0.29, 0.717) is 12.1 Å². The van der Waals surface area contributed by atoms with Crippen LogP contribution in [-0.4, -0.2) is 43.3 Å². The van der Waals surface area contributed by atoms with Gasteiger partial charge >= 0.3 is 0 Å². The number of benzene rings is 1. The molecule has 2 aliphatic rings. The fraction of sp³-hybridized carbons (Fsp3) is 0.571. The van der Waals surface area contributed by atoms with E-state index in [-0.39, 0.29) is 24.8 Å². The highest BCUT2D eigenvalue weighted by Crippen LogP contribution is 2.21. The van der Waals surface area contributed by atoms with E-state index in [1.807, 2.05) is 0 Å². The summed E-state index contributed by atoms with van der Waals surface area (Å²) in [5, 5.41) is 3.42. The fourth-order valence-corrected chi connectivity index (χ4v) is 2.91. The number of rotatable bonds is 2. The first-order valence-electron chi connectivity index (χ1n) is 6.54. The minimum absolute atomic E-state index is 0. The average Bonchev–Trinajstić information content (AvgIpc) is 2.40. The van der Waals surface area contributed by atoms with Gasteiger partial charge in [0, 0.05) is 25.7 Å². The standard InChI is InChI=1S/C14H20N2O.2ClH/c1-2-4-12(5-3-1)11-16-8-9-17-14-10-15-7-6-13(14)16;;/h1-5,13-15H,6-11H2;2*1H/t13-,14-;;/m1../s1. The van der Waals surface area contributed by atoms with Gasteiger partial charge in [-0.25, -0.2) is 0 Å². The molecule has 0 bridgehead atoms. The maximum absolute atomic E-state index is 5.85. The average molecular weight is 305 g/mol. The number of nitrogens with zero attached hydrogens (tertiary/aromatic N) is 1. The highest BCUT2D eigenvalue weighted by atomic mass is 35.5. The highest BCUT2D eigenvalue weighted by Gasteiger charge is 2.33. The van der Waals surface area contributed by atoms with Gasteiger partial charge < -0.3 is 10.1 Å². The first-order chi connectivity index (χ1) is 8.43. The summed E-state index contributed by atoms with van der Waals surface area (Å²) in [6.45, 7) is 5.13. The van der Waals surface area contributed by atoms with Crippen molar-refractivity contribution in [2.75, 3.05) is 26.2 Å². The Labute approximate surface area is 127 Å². The molecular formula is C14H22Cl2N2O. The van der Waals surface area contributed by atoms with Crippen LogP contribution >= 0.6 is 24.8 Å². The molecule has 5 heteroatoms. The van der Waals surface area contributed by atoms with E-state index in [4.69, 9.17) is 4.74 Å². The molecule has 0 aliphatic carbocycles. The van der Waals surface area contributed by atoms with E-state index in [1.165, 1.54) is 12.0 Å². The summed E-state index contributed by atoms with van der Waals surface area (Å²) in [6.07, 6.45) is 1.60. The third-order valence-corrected chi connectivity index (χ3v) is 3.80. The molecule has 108 valence electrons. The lowest BCUT2D eigenvalue weighted by Crippen LogP contribution is -2.57. The molecule has 2 saturated heterocycles. The summed E-state index contributed by atoms with van der Waals surface area (Å²) in [4.78, 5) is 2.59. The van der Waals surface area contributed by atoms with Crippen LogP contribution in [0.4, 0.5) is 0 Å². The molecule has 2 heterocycles. The Hall–Kier alpha value is -0.320. The second kappa shape index (κ2) is 8.08. The van der Waals surface area contributed by atoms with Gasteiger partial charge in [0.05, 0.1) is 12.7 Å². The lowest BCUT2D eigenvalue weighted by atomic mass is 9.99. The highest BCUT2D eigenvalue weighted by molar-refractivity contribution is 5.85. The van der Waals surface area contributed by atoms with Gasteiger partial charge in [-0.2, -0.15) is 0 Å². The van der Waals surface area contributed by atoms with Crippen molar-refractivity contribution in [2.45, 2.75) is 25.1 Å². The molecule has 2 atom stereocenters. The second-order valence-electron chi connectivity index (χ2n) is 4.93. The minimum atomic E-state index is 0. The topological polar surface area (TPSA) is 24.5 Å². The van der Waals surface area contributed by atoms with Crippen LogP contribution in [0.1, 0.15) is 12.0 Å². The number of morpholine rings is 1. The van der Waals surface area contributed by atoms with Crippen molar-refractivity contribution in [3.8, 4) is 0 Å². The number of fused-ring (bicyclic) bond motifs is 1. The minimum Gasteiger partial charge on any atom is -0.374 e. The first kappa shape index (κ1) is 16.7. The first-order valence-corrected chi connectivity index (χ1v) is 6.54. The van der Waals surface area contributed by atoms with Crippen molar-refractivity contribution >= 4 is 24.8 Å². The summed E-state index contributed by atoms with van der Waals surface area (Å²) in [6, 6.07) is 11.4. The lowest BCUT2D eigenvalue weighted by Gasteiger charge is -2.44. The predicted octanol–water partition coefficient (Wildman–Crippen LogP) is 2.09. The number of hydrogen-bond acceptors (Lipinski definition) is 3. The summed E-state index contributed by atoms with van der Waals surface area (Å²) in [5.74, 6) is 0. The molecule has 1 aromatic carbocycles. The molecule has 0 aromatic heterocycles. The molecule has 2 aliphatic heterocycles. The van der Waals surface area contributed by atoms with Crippen molar-refractivity contribution in [3.05, 3.63) is 35.9 Å². The van der Waals surface area contributed by atoms with Crippen molar-refractivity contribution < 1.29 is 4.74 Å². The van der Waals surface area contributed by atoms with Crippen LogP contribution in [0.5, 0.6) is 0 Å². The Bertz CT molecular complexity index is 362. The molecule has 0 spiro atoms. The Morgan fingerprint density at radius 2 is 2.00 bits per heavy atom. The molecule has 1 aromatic rings. The predicted molar refractivity (Wildman–Crippen MR) is 82.4 cm³/mol. The lowest BCUT2D eigenvalue weighted by molar-refractivity contribution is -0.0842. The quantitative estimate of drug-likeness (QED) is 0.905. The van der Waals surface area contributed by atoms with E-state index in [9.17, 15) is 0 Å². The van der Waals surface area contributed by atoms with Gasteiger partial charge in [0.25, 0.3) is 0 Å². The third kappa shape index (κ3) is 4.07. The number of ether oxygens (including phenoxy) is 1. The van der Waals surface area contributed by atoms with Crippen LogP contribution in [0.3, 0.4) is 0 Å².